The molecule has 0 saturated carbocycles. The smallest absolute Gasteiger partial charge is 0.253 e. The number of hydrogen-bond donors (Lipinski definition) is 2. The third kappa shape index (κ3) is 5.46. The van der Waals surface area contributed by atoms with Crippen molar-refractivity contribution in [2.75, 3.05) is 36.4 Å². The highest BCUT2D eigenvalue weighted by Crippen LogP contribution is 2.27. The molecule has 2 amide bonds. The Morgan fingerprint density at radius 2 is 1.69 bits per heavy atom. The van der Waals surface area contributed by atoms with Gasteiger partial charge in [0.05, 0.1) is 11.4 Å². The second kappa shape index (κ2) is 9.71. The fourth-order valence-electron chi connectivity index (χ4n) is 3.15. The van der Waals surface area contributed by atoms with Crippen molar-refractivity contribution in [2.24, 2.45) is 0 Å². The SMILES string of the molecule is CCC(=O)NC(=S)Nc1ccccc1N1CCN(C(=O)c2ccc(Cl)cc2)CC1. The number of anilines is 2. The average molecular weight is 431 g/mol. The van der Waals surface area contributed by atoms with E-state index in [2.05, 4.69) is 15.5 Å². The molecule has 1 saturated heterocycles. The Morgan fingerprint density at radius 3 is 2.34 bits per heavy atom. The van der Waals surface area contributed by atoms with Crippen LogP contribution in [-0.4, -0.2) is 48.0 Å². The molecule has 0 spiro atoms. The minimum atomic E-state index is -0.130. The number of carbonyl (C=O) groups is 2. The molecular formula is C21H23ClN4O2S. The van der Waals surface area contributed by atoms with E-state index in [-0.39, 0.29) is 16.9 Å². The van der Waals surface area contributed by atoms with Crippen LogP contribution in [0.25, 0.3) is 0 Å². The summed E-state index contributed by atoms with van der Waals surface area (Å²) in [6, 6.07) is 14.8. The Morgan fingerprint density at radius 1 is 1.03 bits per heavy atom. The molecule has 0 bridgehead atoms. The lowest BCUT2D eigenvalue weighted by atomic mass is 10.1. The van der Waals surface area contributed by atoms with Gasteiger partial charge in [0, 0.05) is 43.2 Å². The molecular weight excluding hydrogens is 408 g/mol. The van der Waals surface area contributed by atoms with Gasteiger partial charge in [-0.15, -0.1) is 0 Å². The lowest BCUT2D eigenvalue weighted by molar-refractivity contribution is -0.119. The van der Waals surface area contributed by atoms with Crippen molar-refractivity contribution < 1.29 is 9.59 Å². The lowest BCUT2D eigenvalue weighted by Crippen LogP contribution is -2.49. The van der Waals surface area contributed by atoms with Crippen LogP contribution in [0.15, 0.2) is 48.5 Å². The number of para-hydroxylation sites is 2. The van der Waals surface area contributed by atoms with Gasteiger partial charge in [-0.05, 0) is 48.6 Å². The van der Waals surface area contributed by atoms with Crippen LogP contribution in [0.1, 0.15) is 23.7 Å². The van der Waals surface area contributed by atoms with Crippen LogP contribution in [0, 0.1) is 0 Å². The summed E-state index contributed by atoms with van der Waals surface area (Å²) in [5.41, 5.74) is 2.45. The van der Waals surface area contributed by atoms with Crippen molar-refractivity contribution in [2.45, 2.75) is 13.3 Å². The summed E-state index contributed by atoms with van der Waals surface area (Å²) in [4.78, 5) is 28.3. The fourth-order valence-corrected chi connectivity index (χ4v) is 3.50. The molecule has 3 rings (SSSR count). The number of benzene rings is 2. The van der Waals surface area contributed by atoms with E-state index in [1.54, 1.807) is 31.2 Å². The summed E-state index contributed by atoms with van der Waals surface area (Å²) < 4.78 is 0. The predicted octanol–water partition coefficient (Wildman–Crippen LogP) is 3.53. The predicted molar refractivity (Wildman–Crippen MR) is 121 cm³/mol. The summed E-state index contributed by atoms with van der Waals surface area (Å²) in [5, 5.41) is 6.65. The van der Waals surface area contributed by atoms with Crippen molar-refractivity contribution in [1.82, 2.24) is 10.2 Å². The number of hydrogen-bond acceptors (Lipinski definition) is 4. The Hall–Kier alpha value is -2.64. The zero-order valence-electron chi connectivity index (χ0n) is 16.2. The number of rotatable bonds is 4. The number of amides is 2. The molecule has 29 heavy (non-hydrogen) atoms. The van der Waals surface area contributed by atoms with Gasteiger partial charge in [0.25, 0.3) is 5.91 Å². The highest BCUT2D eigenvalue weighted by Gasteiger charge is 2.23. The van der Waals surface area contributed by atoms with E-state index in [9.17, 15) is 9.59 Å². The molecule has 2 N–H and O–H groups in total. The van der Waals surface area contributed by atoms with E-state index in [4.69, 9.17) is 23.8 Å². The zero-order valence-corrected chi connectivity index (χ0v) is 17.7. The first-order chi connectivity index (χ1) is 14.0. The molecule has 8 heteroatoms. The van der Waals surface area contributed by atoms with Gasteiger partial charge in [-0.3, -0.25) is 9.59 Å². The van der Waals surface area contributed by atoms with Crippen LogP contribution in [-0.2, 0) is 4.79 Å². The molecule has 2 aromatic rings. The minimum absolute atomic E-state index is 0.0104. The molecule has 6 nitrogen and oxygen atoms in total. The van der Waals surface area contributed by atoms with Gasteiger partial charge in [0.15, 0.2) is 5.11 Å². The Balaban J connectivity index is 1.63. The summed E-state index contributed by atoms with van der Waals surface area (Å²) in [6.45, 7) is 4.41. The normalized spacial score (nSPS) is 13.7. The zero-order chi connectivity index (χ0) is 20.8. The number of carbonyl (C=O) groups excluding carboxylic acids is 2. The van der Waals surface area contributed by atoms with E-state index in [0.29, 0.717) is 43.2 Å². The second-order valence-electron chi connectivity index (χ2n) is 6.66. The van der Waals surface area contributed by atoms with Crippen LogP contribution in [0.5, 0.6) is 0 Å². The monoisotopic (exact) mass is 430 g/mol. The number of nitrogens with one attached hydrogen (secondary N) is 2. The van der Waals surface area contributed by atoms with Crippen LogP contribution in [0.2, 0.25) is 5.02 Å². The van der Waals surface area contributed by atoms with Gasteiger partial charge in [0.2, 0.25) is 5.91 Å². The van der Waals surface area contributed by atoms with E-state index in [1.807, 2.05) is 29.2 Å². The maximum atomic E-state index is 12.7. The molecule has 1 aliphatic heterocycles. The van der Waals surface area contributed by atoms with E-state index < -0.39 is 0 Å². The van der Waals surface area contributed by atoms with Gasteiger partial charge >= 0.3 is 0 Å². The van der Waals surface area contributed by atoms with Gasteiger partial charge in [0.1, 0.15) is 0 Å². The van der Waals surface area contributed by atoms with Gasteiger partial charge < -0.3 is 20.4 Å². The van der Waals surface area contributed by atoms with Crippen molar-refractivity contribution >= 4 is 52.1 Å². The second-order valence-corrected chi connectivity index (χ2v) is 7.50. The quantitative estimate of drug-likeness (QED) is 0.726. The largest absolute Gasteiger partial charge is 0.366 e. The van der Waals surface area contributed by atoms with Crippen LogP contribution in [0.4, 0.5) is 11.4 Å². The van der Waals surface area contributed by atoms with Gasteiger partial charge in [-0.1, -0.05) is 30.7 Å². The first-order valence-corrected chi connectivity index (χ1v) is 10.3. The minimum Gasteiger partial charge on any atom is -0.366 e. The van der Waals surface area contributed by atoms with Crippen molar-refractivity contribution in [3.63, 3.8) is 0 Å². The fraction of sp³-hybridized carbons (Fsp3) is 0.286. The van der Waals surface area contributed by atoms with Crippen LogP contribution < -0.4 is 15.5 Å². The highest BCUT2D eigenvalue weighted by molar-refractivity contribution is 7.80. The molecule has 2 aromatic carbocycles. The molecule has 0 aromatic heterocycles. The maximum Gasteiger partial charge on any atom is 0.253 e. The maximum absolute atomic E-state index is 12.7. The van der Waals surface area contributed by atoms with Crippen LogP contribution in [0.3, 0.4) is 0 Å². The summed E-state index contributed by atoms with van der Waals surface area (Å²) >= 11 is 11.1. The first kappa shape index (κ1) is 21.1. The lowest BCUT2D eigenvalue weighted by Gasteiger charge is -2.37. The van der Waals surface area contributed by atoms with E-state index in [0.717, 1.165) is 11.4 Å². The summed E-state index contributed by atoms with van der Waals surface area (Å²) in [7, 11) is 0. The number of halogens is 1. The molecule has 0 atom stereocenters. The molecule has 1 fully saturated rings. The number of thiocarbonyl (C=S) groups is 1. The standard InChI is InChI=1S/C21H23ClN4O2S/c1-2-19(27)24-21(29)23-17-5-3-4-6-18(17)25-11-13-26(14-12-25)20(28)15-7-9-16(22)10-8-15/h3-10H,2,11-14H2,1H3,(H2,23,24,27,29). The van der Waals surface area contributed by atoms with Crippen molar-refractivity contribution in [3.05, 3.63) is 59.1 Å². The Kier molecular flexibility index (Phi) is 7.06. The summed E-state index contributed by atoms with van der Waals surface area (Å²) in [6.07, 6.45) is 0.368. The number of nitrogens with zero attached hydrogens (tertiary/aromatic N) is 2. The van der Waals surface area contributed by atoms with Crippen LogP contribution >= 0.6 is 23.8 Å². The van der Waals surface area contributed by atoms with Gasteiger partial charge in [-0.25, -0.2) is 0 Å². The molecule has 1 heterocycles. The molecule has 0 radical (unpaired) electrons. The first-order valence-electron chi connectivity index (χ1n) is 9.47. The molecule has 152 valence electrons. The Labute approximate surface area is 180 Å². The highest BCUT2D eigenvalue weighted by atomic mass is 35.5. The van der Waals surface area contributed by atoms with E-state index >= 15 is 0 Å². The summed E-state index contributed by atoms with van der Waals surface area (Å²) in [5.74, 6) is -0.120. The third-order valence-corrected chi connectivity index (χ3v) is 5.18. The number of piperazine rings is 1. The average Bonchev–Trinajstić information content (AvgIpc) is 2.74. The molecule has 0 unspecified atom stereocenters. The molecule has 0 aliphatic carbocycles. The topological polar surface area (TPSA) is 64.7 Å². The molecule has 1 aliphatic rings. The Bertz CT molecular complexity index is 896. The third-order valence-electron chi connectivity index (χ3n) is 4.73. The van der Waals surface area contributed by atoms with Crippen molar-refractivity contribution in [3.8, 4) is 0 Å². The van der Waals surface area contributed by atoms with E-state index in [1.165, 1.54) is 0 Å². The van der Waals surface area contributed by atoms with Gasteiger partial charge in [-0.2, -0.15) is 0 Å². The van der Waals surface area contributed by atoms with Crippen molar-refractivity contribution in [1.29, 1.82) is 0 Å².